The van der Waals surface area contributed by atoms with Crippen molar-refractivity contribution in [2.24, 2.45) is 0 Å². The minimum Gasteiger partial charge on any atom is -0.472 e. The van der Waals surface area contributed by atoms with Crippen molar-refractivity contribution in [2.75, 3.05) is 59.6 Å². The Morgan fingerprint density at radius 1 is 0.331 bits per heavy atom. The molecule has 21 rings (SSSR count). The molecule has 0 fully saturated rings. The zero-order valence-corrected chi connectivity index (χ0v) is 76.6. The largest absolute Gasteiger partial charge is 0.472 e. The van der Waals surface area contributed by atoms with Crippen LogP contribution in [0.3, 0.4) is 0 Å². The number of anilines is 5. The molecule has 0 aliphatic rings. The molecule has 0 unspecified atom stereocenters. The summed E-state index contributed by atoms with van der Waals surface area (Å²) in [6.07, 6.45) is 10.5. The molecule has 678 valence electrons. The van der Waals surface area contributed by atoms with Gasteiger partial charge in [-0.2, -0.15) is 0 Å². The number of hydrogen-bond acceptors (Lipinski definition) is 27. The van der Waals surface area contributed by atoms with Crippen molar-refractivity contribution < 1.29 is 56.5 Å². The number of benzene rings is 10. The van der Waals surface area contributed by atoms with E-state index in [1.165, 1.54) is 38.6 Å². The van der Waals surface area contributed by atoms with E-state index in [2.05, 4.69) is 108 Å². The molecule has 0 saturated heterocycles. The minimum absolute atomic E-state index is 0.0428. The number of fused-ring (bicyclic) bond motifs is 5. The van der Waals surface area contributed by atoms with Crippen molar-refractivity contribution in [1.82, 2.24) is 49.8 Å². The fourth-order valence-electron chi connectivity index (χ4n) is 15.2. The number of carbonyl (C=O) groups is 1. The molecule has 136 heavy (non-hydrogen) atoms. The van der Waals surface area contributed by atoms with Gasteiger partial charge in [0.15, 0.2) is 17.3 Å². The fraction of sp³-hybridized carbons (Fsp3) is 0.104. The lowest BCUT2D eigenvalue weighted by Gasteiger charge is -2.19. The van der Waals surface area contributed by atoms with E-state index in [1.54, 1.807) is 12.5 Å². The van der Waals surface area contributed by atoms with E-state index in [1.807, 2.05) is 315 Å². The summed E-state index contributed by atoms with van der Waals surface area (Å²) in [5, 5.41) is 60.0. The van der Waals surface area contributed by atoms with E-state index in [0.717, 1.165) is 103 Å². The summed E-state index contributed by atoms with van der Waals surface area (Å²) >= 11 is 13.9. The lowest BCUT2D eigenvalue weighted by Crippen LogP contribution is -2.19. The number of aliphatic hydroxyl groups is 4. The molecule has 10 aromatic carbocycles. The number of rotatable bonds is 27. The summed E-state index contributed by atoms with van der Waals surface area (Å²) in [7, 11) is 0. The third-order valence-corrected chi connectivity index (χ3v) is 23.7. The summed E-state index contributed by atoms with van der Waals surface area (Å²) in [5.41, 5.74) is 13.5. The quantitative estimate of drug-likeness (QED) is 0.0216. The van der Waals surface area contributed by atoms with Gasteiger partial charge in [-0.3, -0.25) is 4.79 Å². The fourth-order valence-corrected chi connectivity index (χ4v) is 16.8. The predicted octanol–water partition coefficient (Wildman–Crippen LogP) is 24.2. The molecule has 30 heteroatoms. The second kappa shape index (κ2) is 44.6. The van der Waals surface area contributed by atoms with E-state index < -0.39 is 0 Å². The van der Waals surface area contributed by atoms with Crippen LogP contribution in [0.1, 0.15) is 65.0 Å². The van der Waals surface area contributed by atoms with Gasteiger partial charge in [0.2, 0.25) is 28.6 Å². The molecule has 0 aliphatic carbocycles. The summed E-state index contributed by atoms with van der Waals surface area (Å²) in [6.45, 7) is 1.29. The average molecular weight is 1960 g/mol. The van der Waals surface area contributed by atoms with Gasteiger partial charge in [0.1, 0.15) is 89.3 Å². The van der Waals surface area contributed by atoms with Crippen molar-refractivity contribution >= 4 is 134 Å². The molecule has 0 amide bonds. The van der Waals surface area contributed by atoms with Crippen LogP contribution in [0, 0.1) is 0 Å². The maximum atomic E-state index is 11.4. The first-order valence-corrected chi connectivity index (χ1v) is 45.1. The van der Waals surface area contributed by atoms with Crippen LogP contribution in [0.25, 0.3) is 123 Å². The van der Waals surface area contributed by atoms with Crippen molar-refractivity contribution in [1.29, 1.82) is 0 Å². The Kier molecular flexibility index (Phi) is 30.2. The number of nitrogens with one attached hydrogen (secondary N) is 5. The third-order valence-electron chi connectivity index (χ3n) is 21.9. The van der Waals surface area contributed by atoms with Gasteiger partial charge in [0.05, 0.1) is 99.7 Å². The summed E-state index contributed by atoms with van der Waals surface area (Å²) in [5.74, 6) is 5.96. The number of furan rings is 6. The molecule has 9 N–H and O–H groups in total. The van der Waals surface area contributed by atoms with Crippen LogP contribution in [-0.2, 0) is 9.53 Å². The Balaban J connectivity index is 0.000000118. The molecule has 0 bridgehead atoms. The van der Waals surface area contributed by atoms with E-state index in [-0.39, 0.29) is 69.2 Å². The van der Waals surface area contributed by atoms with Gasteiger partial charge in [-0.15, -0.1) is 0 Å². The number of esters is 1. The molecule has 0 aliphatic heterocycles. The van der Waals surface area contributed by atoms with Crippen molar-refractivity contribution in [3.63, 3.8) is 0 Å². The van der Waals surface area contributed by atoms with Crippen molar-refractivity contribution in [3.8, 4) is 67.7 Å². The summed E-state index contributed by atoms with van der Waals surface area (Å²) in [6, 6.07) is 100.0. The smallest absolute Gasteiger partial charge is 0.302 e. The van der Waals surface area contributed by atoms with E-state index in [0.29, 0.717) is 91.1 Å². The van der Waals surface area contributed by atoms with Gasteiger partial charge in [-0.25, -0.2) is 49.8 Å². The highest BCUT2D eigenvalue weighted by Crippen LogP contribution is 2.47. The molecule has 5 atom stereocenters. The van der Waals surface area contributed by atoms with Crippen molar-refractivity contribution in [2.45, 2.75) is 37.1 Å². The second-order valence-electron chi connectivity index (χ2n) is 30.6. The topological polar surface area (TPSA) is 375 Å². The normalized spacial score (nSPS) is 12.1. The van der Waals surface area contributed by atoms with Crippen LogP contribution in [0.5, 0.6) is 0 Å². The summed E-state index contributed by atoms with van der Waals surface area (Å²) in [4.78, 5) is 54.5. The molecule has 0 radical (unpaired) electrons. The van der Waals surface area contributed by atoms with Gasteiger partial charge in [0, 0.05) is 45.9 Å². The highest BCUT2D eigenvalue weighted by atomic mass is 79.9. The zero-order valence-electron chi connectivity index (χ0n) is 72.6. The highest BCUT2D eigenvalue weighted by molar-refractivity contribution is 9.11. The molecule has 11 aromatic heterocycles. The number of halogens is 3. The van der Waals surface area contributed by atoms with Crippen LogP contribution in [0.15, 0.2) is 395 Å². The monoisotopic (exact) mass is 1950 g/mol. The number of aromatic nitrogens is 10. The molecule has 0 spiro atoms. The molecule has 11 heterocycles. The van der Waals surface area contributed by atoms with Gasteiger partial charge in [-0.1, -0.05) is 315 Å². The number of aliphatic hydroxyl groups excluding tert-OH is 4. The van der Waals surface area contributed by atoms with E-state index in [9.17, 15) is 25.2 Å². The molecule has 27 nitrogen and oxygen atoms in total. The summed E-state index contributed by atoms with van der Waals surface area (Å²) < 4.78 is 42.0. The number of hydrogen-bond donors (Lipinski definition) is 9. The number of carbonyl (C=O) groups excluding carboxylic acids is 1. The number of nitrogens with zero attached hydrogens (tertiary/aromatic N) is 10. The standard InChI is InChI=1S/C24H19N3O3.C22H18BrN3O3.C20H16BrN3O2.C20H16ClN3O2.C20H17N3O2/c28-13-19(16-7-3-1-4-8-16)27-23-21-20(18-11-12-29-14-18)22(17-9-5-2-6-10-17)30-24(21)26-15-25-23;1-14(27)28-12-17(15-8-4-2-5-9-15)26-21-18-19(23)20(16-10-6-3-7-11-16)29-22(18)25-13-24-21;2*21-17-16-19(24-15(11-25)13-7-3-1-4-8-13)22-12-23-20(16)26-18(17)14-9-5-2-6-10-14;24-12-17(14-7-3-1-4-8-14)23-19-16-11-18(15-9-5-2-6-10-15)25-20(16)22-13-21-19/h1-12,14-15,19,28H,13H2,(H,25,26,27);2-11,13,17H,12H2,1H3,(H,24,25,26);2*1-10,12,15,25H,11H2,(H,22,23,24);1-11,13,17,24H,12H2,(H,21,22,23)/t19-;17-;2*15-;17-/m11111/s1. The van der Waals surface area contributed by atoms with Crippen LogP contribution in [0.4, 0.5) is 29.1 Å². The maximum Gasteiger partial charge on any atom is 0.302 e. The average Bonchev–Trinajstić information content (AvgIpc) is 1.60. The zero-order chi connectivity index (χ0) is 93.5. The van der Waals surface area contributed by atoms with E-state index >= 15 is 0 Å². The molecule has 21 aromatic rings. The molecule has 0 saturated carbocycles. The highest BCUT2D eigenvalue weighted by Gasteiger charge is 2.29. The van der Waals surface area contributed by atoms with Gasteiger partial charge in [0.25, 0.3) is 0 Å². The Labute approximate surface area is 800 Å². The predicted molar refractivity (Wildman–Crippen MR) is 533 cm³/mol. The van der Waals surface area contributed by atoms with E-state index in [4.69, 9.17) is 42.8 Å². The van der Waals surface area contributed by atoms with Crippen molar-refractivity contribution in [3.05, 3.63) is 401 Å². The number of ether oxygens (including phenoxy) is 1. The Morgan fingerprint density at radius 2 is 0.625 bits per heavy atom. The first kappa shape index (κ1) is 92.0. The first-order valence-electron chi connectivity index (χ1n) is 43.1. The van der Waals surface area contributed by atoms with Crippen LogP contribution in [-0.4, -0.2) is 109 Å². The molecular formula is C106H86Br2ClN15O12. The Hall–Kier alpha value is -15.9. The van der Waals surface area contributed by atoms with Crippen LogP contribution < -0.4 is 26.6 Å². The first-order chi connectivity index (χ1) is 66.9. The second-order valence-corrected chi connectivity index (χ2v) is 32.6. The van der Waals surface area contributed by atoms with Gasteiger partial charge < -0.3 is 78.2 Å². The minimum atomic E-state index is -0.337. The van der Waals surface area contributed by atoms with Crippen LogP contribution in [0.2, 0.25) is 5.02 Å². The van der Waals surface area contributed by atoms with Gasteiger partial charge >= 0.3 is 5.97 Å². The molecular weight excluding hydrogens is 1870 g/mol. The lowest BCUT2D eigenvalue weighted by atomic mass is 10.0. The Morgan fingerprint density at radius 3 is 1.00 bits per heavy atom. The Bertz CT molecular complexity index is 7270. The van der Waals surface area contributed by atoms with Gasteiger partial charge in [-0.05, 0) is 71.8 Å². The van der Waals surface area contributed by atoms with Crippen LogP contribution >= 0.6 is 43.5 Å². The third kappa shape index (κ3) is 21.6. The maximum absolute atomic E-state index is 11.4. The lowest BCUT2D eigenvalue weighted by molar-refractivity contribution is -0.141. The SMILES string of the molecule is CC(=O)OC[C@@H](Nc1ncnc2oc(-c3ccccc3)c(Br)c12)c1ccccc1.OC[C@@H](Nc1ncnc2oc(-c3ccccc3)c(-c3ccoc3)c12)c1ccccc1.OC[C@@H](Nc1ncnc2oc(-c3ccccc3)c(Br)c12)c1ccccc1.OC[C@@H](Nc1ncnc2oc(-c3ccccc3)c(Cl)c12)c1ccccc1.OC[C@@H](Nc1ncnc2oc(-c3ccccc3)cc12)c1ccccc1.